The SMILES string of the molecule is CCCCCCCCCCCCCCCCCCCCCCCC(=O)N[C@@H](COC(c1ccccc1)(c1ccccc1)c1ccccc1)[C@H](OC(=O)c1ccccc1)[C@@H](CCCCC)OC(=O)c1ccccc1. The molecule has 0 saturated carbocycles. The van der Waals surface area contributed by atoms with Gasteiger partial charge in [-0.05, 0) is 60.2 Å². The number of unbranched alkanes of at least 4 members (excludes halogenated alkanes) is 22. The fourth-order valence-corrected chi connectivity index (χ4v) is 10.0. The second-order valence-corrected chi connectivity index (χ2v) is 20.1. The number of esters is 2. The molecule has 5 aromatic rings. The molecular weight excluding hydrogens is 903 g/mol. The molecule has 0 unspecified atom stereocenters. The summed E-state index contributed by atoms with van der Waals surface area (Å²) in [6.07, 6.45) is 28.4. The largest absolute Gasteiger partial charge is 0.455 e. The van der Waals surface area contributed by atoms with E-state index in [1.807, 2.05) is 66.7 Å². The van der Waals surface area contributed by atoms with E-state index in [4.69, 9.17) is 14.2 Å². The molecule has 1 N–H and O–H groups in total. The molecule has 73 heavy (non-hydrogen) atoms. The Bertz CT molecular complexity index is 2090. The van der Waals surface area contributed by atoms with Gasteiger partial charge in [0.05, 0.1) is 23.8 Å². The molecule has 1 amide bonds. The van der Waals surface area contributed by atoms with E-state index in [1.165, 1.54) is 116 Å². The highest BCUT2D eigenvalue weighted by Gasteiger charge is 2.42. The normalized spacial score (nSPS) is 12.7. The number of carbonyl (C=O) groups excluding carboxylic acids is 3. The highest BCUT2D eigenvalue weighted by Crippen LogP contribution is 2.41. The van der Waals surface area contributed by atoms with Crippen molar-refractivity contribution in [1.29, 1.82) is 0 Å². The number of ether oxygens (including phenoxy) is 3. The van der Waals surface area contributed by atoms with Gasteiger partial charge in [-0.1, -0.05) is 282 Å². The molecule has 0 fully saturated rings. The van der Waals surface area contributed by atoms with Crippen molar-refractivity contribution in [3.8, 4) is 0 Å². The first-order chi connectivity index (χ1) is 36.0. The van der Waals surface area contributed by atoms with Crippen molar-refractivity contribution in [3.63, 3.8) is 0 Å². The van der Waals surface area contributed by atoms with E-state index in [-0.39, 0.29) is 12.5 Å². The molecule has 7 heteroatoms. The predicted octanol–water partition coefficient (Wildman–Crippen LogP) is 17.1. The van der Waals surface area contributed by atoms with Gasteiger partial charge in [-0.15, -0.1) is 0 Å². The van der Waals surface area contributed by atoms with Crippen molar-refractivity contribution in [3.05, 3.63) is 179 Å². The van der Waals surface area contributed by atoms with Crippen LogP contribution in [0.1, 0.15) is 218 Å². The number of nitrogens with one attached hydrogen (secondary N) is 1. The minimum absolute atomic E-state index is 0.0797. The van der Waals surface area contributed by atoms with Gasteiger partial charge in [-0.25, -0.2) is 9.59 Å². The lowest BCUT2D eigenvalue weighted by Gasteiger charge is -2.39. The molecule has 0 bridgehead atoms. The summed E-state index contributed by atoms with van der Waals surface area (Å²) in [7, 11) is 0. The molecule has 394 valence electrons. The second kappa shape index (κ2) is 35.6. The minimum atomic E-state index is -1.13. The number of benzene rings is 5. The molecule has 7 nitrogen and oxygen atoms in total. The second-order valence-electron chi connectivity index (χ2n) is 20.1. The number of hydrogen-bond acceptors (Lipinski definition) is 6. The van der Waals surface area contributed by atoms with E-state index in [0.29, 0.717) is 30.4 Å². The lowest BCUT2D eigenvalue weighted by atomic mass is 9.80. The quantitative estimate of drug-likeness (QED) is 0.0240. The molecule has 0 saturated heterocycles. The van der Waals surface area contributed by atoms with Crippen LogP contribution in [0.25, 0.3) is 0 Å². The molecule has 0 aliphatic heterocycles. The van der Waals surface area contributed by atoms with Crippen molar-refractivity contribution in [2.75, 3.05) is 6.61 Å². The van der Waals surface area contributed by atoms with Crippen LogP contribution in [0.2, 0.25) is 0 Å². The monoisotopic (exact) mass is 992 g/mol. The van der Waals surface area contributed by atoms with Gasteiger partial charge in [0.1, 0.15) is 11.7 Å². The molecule has 0 aromatic heterocycles. The van der Waals surface area contributed by atoms with Gasteiger partial charge >= 0.3 is 11.9 Å². The lowest BCUT2D eigenvalue weighted by Crippen LogP contribution is -2.55. The number of carbonyl (C=O) groups is 3. The Labute approximate surface area is 440 Å². The standard InChI is InChI=1S/C66H89NO6/c1-3-5-7-8-9-10-11-12-13-14-15-16-17-18-19-20-21-22-23-24-41-53-62(68)67-60(54-71-66(57-46-35-27-36-47-57,58-48-37-28-38-49-58)59-50-39-29-40-51-59)63(73-65(70)56-44-33-26-34-45-56)61(52-30-6-4-2)72-64(69)55-42-31-25-32-43-55/h25-29,31-40,42-51,60-61,63H,3-24,30,41,52-54H2,1-2H3,(H,67,68)/t60-,61+,63-/m0/s1. The Morgan fingerprint density at radius 2 is 0.740 bits per heavy atom. The maximum Gasteiger partial charge on any atom is 0.338 e. The highest BCUT2D eigenvalue weighted by atomic mass is 16.6. The predicted molar refractivity (Wildman–Crippen MR) is 300 cm³/mol. The van der Waals surface area contributed by atoms with Gasteiger partial charge in [0, 0.05) is 6.42 Å². The zero-order valence-corrected chi connectivity index (χ0v) is 44.7. The smallest absolute Gasteiger partial charge is 0.338 e. The summed E-state index contributed by atoms with van der Waals surface area (Å²) in [4.78, 5) is 42.6. The van der Waals surface area contributed by atoms with Crippen molar-refractivity contribution >= 4 is 17.8 Å². The van der Waals surface area contributed by atoms with Gasteiger partial charge in [0.2, 0.25) is 5.91 Å². The van der Waals surface area contributed by atoms with Crippen LogP contribution in [0.3, 0.4) is 0 Å². The van der Waals surface area contributed by atoms with E-state index in [0.717, 1.165) is 48.8 Å². The van der Waals surface area contributed by atoms with Gasteiger partial charge in [0.15, 0.2) is 6.10 Å². The topological polar surface area (TPSA) is 90.9 Å². The molecule has 0 aliphatic rings. The van der Waals surface area contributed by atoms with Crippen LogP contribution in [0.15, 0.2) is 152 Å². The molecule has 0 heterocycles. The van der Waals surface area contributed by atoms with Crippen LogP contribution in [0.5, 0.6) is 0 Å². The first-order valence-corrected chi connectivity index (χ1v) is 28.6. The van der Waals surface area contributed by atoms with Crippen molar-refractivity contribution < 1.29 is 28.6 Å². The Morgan fingerprint density at radius 1 is 0.411 bits per heavy atom. The maximum atomic E-state index is 14.4. The van der Waals surface area contributed by atoms with Crippen LogP contribution in [-0.4, -0.2) is 42.7 Å². The summed E-state index contributed by atoms with van der Waals surface area (Å²) >= 11 is 0. The maximum absolute atomic E-state index is 14.4. The van der Waals surface area contributed by atoms with Gasteiger partial charge in [-0.3, -0.25) is 4.79 Å². The first-order valence-electron chi connectivity index (χ1n) is 28.6. The molecule has 0 aliphatic carbocycles. The van der Waals surface area contributed by atoms with E-state index in [2.05, 4.69) is 55.6 Å². The van der Waals surface area contributed by atoms with E-state index in [1.54, 1.807) is 48.5 Å². The number of amides is 1. The highest BCUT2D eigenvalue weighted by molar-refractivity contribution is 5.90. The third-order valence-corrected chi connectivity index (χ3v) is 14.2. The average Bonchev–Trinajstić information content (AvgIpc) is 3.43. The Balaban J connectivity index is 1.27. The van der Waals surface area contributed by atoms with E-state index >= 15 is 0 Å². The summed E-state index contributed by atoms with van der Waals surface area (Å²) in [5.74, 6) is -1.27. The zero-order chi connectivity index (χ0) is 51.4. The number of rotatable bonds is 39. The van der Waals surface area contributed by atoms with E-state index < -0.39 is 35.8 Å². The van der Waals surface area contributed by atoms with Crippen LogP contribution >= 0.6 is 0 Å². The van der Waals surface area contributed by atoms with Crippen LogP contribution in [0.4, 0.5) is 0 Å². The van der Waals surface area contributed by atoms with Crippen LogP contribution in [0, 0.1) is 0 Å². The van der Waals surface area contributed by atoms with Gasteiger partial charge in [-0.2, -0.15) is 0 Å². The third-order valence-electron chi connectivity index (χ3n) is 14.2. The summed E-state index contributed by atoms with van der Waals surface area (Å²) in [5, 5.41) is 3.31. The van der Waals surface area contributed by atoms with Gasteiger partial charge in [0.25, 0.3) is 0 Å². The Kier molecular flexibility index (Phi) is 28.5. The molecular formula is C66H89NO6. The molecule has 0 radical (unpaired) electrons. The third kappa shape index (κ3) is 21.1. The zero-order valence-electron chi connectivity index (χ0n) is 44.7. The Hall–Kier alpha value is -5.53. The summed E-state index contributed by atoms with van der Waals surface area (Å²) in [6.45, 7) is 4.32. The fourth-order valence-electron chi connectivity index (χ4n) is 10.0. The minimum Gasteiger partial charge on any atom is -0.455 e. The van der Waals surface area contributed by atoms with Crippen molar-refractivity contribution in [1.82, 2.24) is 5.32 Å². The number of hydrogen-bond donors (Lipinski definition) is 1. The van der Waals surface area contributed by atoms with Crippen LogP contribution in [-0.2, 0) is 24.6 Å². The van der Waals surface area contributed by atoms with E-state index in [9.17, 15) is 14.4 Å². The summed E-state index contributed by atoms with van der Waals surface area (Å²) in [6, 6.07) is 47.0. The first kappa shape index (κ1) is 58.4. The van der Waals surface area contributed by atoms with Crippen LogP contribution < -0.4 is 5.32 Å². The lowest BCUT2D eigenvalue weighted by molar-refractivity contribution is -0.126. The van der Waals surface area contributed by atoms with Crippen molar-refractivity contribution in [2.45, 2.75) is 205 Å². The average molecular weight is 992 g/mol. The molecule has 3 atom stereocenters. The summed E-state index contributed by atoms with van der Waals surface area (Å²) in [5.41, 5.74) is 2.29. The Morgan fingerprint density at radius 3 is 1.12 bits per heavy atom. The molecule has 5 rings (SSSR count). The summed E-state index contributed by atoms with van der Waals surface area (Å²) < 4.78 is 20.4. The fraction of sp³-hybridized carbons (Fsp3) is 0.500. The van der Waals surface area contributed by atoms with Gasteiger partial charge < -0.3 is 19.5 Å². The molecule has 5 aromatic carbocycles. The van der Waals surface area contributed by atoms with Crippen molar-refractivity contribution in [2.24, 2.45) is 0 Å². The molecule has 0 spiro atoms.